The highest BCUT2D eigenvalue weighted by Crippen LogP contribution is 2.37. The third-order valence-corrected chi connectivity index (χ3v) is 4.34. The molecule has 0 fully saturated rings. The van der Waals surface area contributed by atoms with Gasteiger partial charge in [-0.1, -0.05) is 23.8 Å². The second-order valence-electron chi connectivity index (χ2n) is 6.36. The van der Waals surface area contributed by atoms with Crippen LogP contribution in [0.4, 0.5) is 5.69 Å². The van der Waals surface area contributed by atoms with Gasteiger partial charge in [-0.2, -0.15) is 0 Å². The molecule has 0 atom stereocenters. The van der Waals surface area contributed by atoms with Gasteiger partial charge in [-0.05, 0) is 25.0 Å². The van der Waals surface area contributed by atoms with Crippen LogP contribution >= 0.6 is 0 Å². The maximum Gasteiger partial charge on any atom is 0.286 e. The predicted octanol–water partition coefficient (Wildman–Crippen LogP) is 3.26. The summed E-state index contributed by atoms with van der Waals surface area (Å²) >= 11 is 0. The van der Waals surface area contributed by atoms with Crippen LogP contribution in [0.3, 0.4) is 0 Å². The third kappa shape index (κ3) is 3.46. The summed E-state index contributed by atoms with van der Waals surface area (Å²) in [7, 11) is 1.63. The summed E-state index contributed by atoms with van der Waals surface area (Å²) in [5, 5.41) is 11.4. The molecule has 7 nitrogen and oxygen atoms in total. The molecule has 1 aliphatic heterocycles. The van der Waals surface area contributed by atoms with Gasteiger partial charge >= 0.3 is 0 Å². The number of rotatable bonds is 4. The van der Waals surface area contributed by atoms with E-state index < -0.39 is 10.8 Å². The lowest BCUT2D eigenvalue weighted by molar-refractivity contribution is -0.385. The average molecular weight is 356 g/mol. The number of nitro groups is 1. The Morgan fingerprint density at radius 1 is 1.15 bits per heavy atom. The summed E-state index contributed by atoms with van der Waals surface area (Å²) in [6, 6.07) is 8.64. The molecular formula is C19H20N2O5. The minimum atomic E-state index is -0.573. The van der Waals surface area contributed by atoms with Crippen LogP contribution < -0.4 is 9.47 Å². The topological polar surface area (TPSA) is 81.9 Å². The lowest BCUT2D eigenvalue weighted by Gasteiger charge is -2.21. The summed E-state index contributed by atoms with van der Waals surface area (Å²) in [4.78, 5) is 25.2. The fourth-order valence-corrected chi connectivity index (χ4v) is 2.96. The fourth-order valence-electron chi connectivity index (χ4n) is 2.96. The number of amides is 1. The number of nitro benzene ring substituents is 1. The highest BCUT2D eigenvalue weighted by molar-refractivity contribution is 5.99. The maximum atomic E-state index is 12.9. The number of fused-ring (bicyclic) bond motifs is 1. The van der Waals surface area contributed by atoms with Crippen molar-refractivity contribution in [1.82, 2.24) is 4.90 Å². The van der Waals surface area contributed by atoms with Crippen molar-refractivity contribution in [1.29, 1.82) is 0 Å². The van der Waals surface area contributed by atoms with Gasteiger partial charge in [-0.15, -0.1) is 0 Å². The zero-order valence-corrected chi connectivity index (χ0v) is 14.9. The van der Waals surface area contributed by atoms with Gasteiger partial charge in [0.25, 0.3) is 11.6 Å². The average Bonchev–Trinajstić information content (AvgIpc) is 2.62. The van der Waals surface area contributed by atoms with Gasteiger partial charge in [0.1, 0.15) is 18.8 Å². The summed E-state index contributed by atoms with van der Waals surface area (Å²) in [5.74, 6) is 0.204. The van der Waals surface area contributed by atoms with E-state index in [9.17, 15) is 14.9 Å². The Balaban J connectivity index is 1.91. The summed E-state index contributed by atoms with van der Waals surface area (Å²) in [6.07, 6.45) is 0. The minimum absolute atomic E-state index is 0.00786. The van der Waals surface area contributed by atoms with Crippen molar-refractivity contribution in [2.24, 2.45) is 0 Å². The SMILES string of the molecule is Cc1ccc(CN(C)C(=O)c2cc3c(cc2[N+](=O)[O-])OCCO3)c(C)c1. The molecule has 0 N–H and O–H groups in total. The first-order valence-corrected chi connectivity index (χ1v) is 8.26. The predicted molar refractivity (Wildman–Crippen MR) is 95.8 cm³/mol. The Labute approximate surface area is 151 Å². The number of carbonyl (C=O) groups excluding carboxylic acids is 1. The van der Waals surface area contributed by atoms with E-state index >= 15 is 0 Å². The van der Waals surface area contributed by atoms with Crippen LogP contribution in [-0.2, 0) is 6.54 Å². The van der Waals surface area contributed by atoms with Gasteiger partial charge in [-0.3, -0.25) is 14.9 Å². The van der Waals surface area contributed by atoms with Gasteiger partial charge in [-0.25, -0.2) is 0 Å². The second kappa shape index (κ2) is 7.03. The van der Waals surface area contributed by atoms with Crippen LogP contribution in [-0.4, -0.2) is 36.0 Å². The molecule has 0 aromatic heterocycles. The van der Waals surface area contributed by atoms with Gasteiger partial charge < -0.3 is 14.4 Å². The monoisotopic (exact) mass is 356 g/mol. The van der Waals surface area contributed by atoms with Gasteiger partial charge in [0.15, 0.2) is 11.5 Å². The number of carbonyl (C=O) groups is 1. The van der Waals surface area contributed by atoms with Crippen molar-refractivity contribution in [2.75, 3.05) is 20.3 Å². The van der Waals surface area contributed by atoms with Gasteiger partial charge in [0.05, 0.1) is 11.0 Å². The minimum Gasteiger partial charge on any atom is -0.486 e. The molecule has 1 amide bonds. The number of nitrogens with zero attached hydrogens (tertiary/aromatic N) is 2. The zero-order chi connectivity index (χ0) is 18.8. The smallest absolute Gasteiger partial charge is 0.286 e. The fraction of sp³-hybridized carbons (Fsp3) is 0.316. The number of hydrogen-bond donors (Lipinski definition) is 0. The van der Waals surface area contributed by atoms with E-state index in [1.165, 1.54) is 17.0 Å². The lowest BCUT2D eigenvalue weighted by Crippen LogP contribution is -2.27. The molecule has 0 aliphatic carbocycles. The van der Waals surface area contributed by atoms with Crippen molar-refractivity contribution in [2.45, 2.75) is 20.4 Å². The Morgan fingerprint density at radius 3 is 2.42 bits per heavy atom. The summed E-state index contributed by atoms with van der Waals surface area (Å²) in [5.41, 5.74) is 2.91. The van der Waals surface area contributed by atoms with Gasteiger partial charge in [0, 0.05) is 19.7 Å². The molecule has 136 valence electrons. The molecule has 0 saturated heterocycles. The highest BCUT2D eigenvalue weighted by Gasteiger charge is 2.28. The molecular weight excluding hydrogens is 336 g/mol. The van der Waals surface area contributed by atoms with Crippen molar-refractivity contribution in [3.63, 3.8) is 0 Å². The second-order valence-corrected chi connectivity index (χ2v) is 6.36. The summed E-state index contributed by atoms with van der Waals surface area (Å²) in [6.45, 7) is 5.01. The molecule has 2 aromatic rings. The molecule has 2 aromatic carbocycles. The highest BCUT2D eigenvalue weighted by atomic mass is 16.6. The standard InChI is InChI=1S/C19H20N2O5/c1-12-4-5-14(13(2)8-12)11-20(3)19(22)15-9-17-18(26-7-6-25-17)10-16(15)21(23)24/h4-5,8-10H,6-7,11H2,1-3H3. The van der Waals surface area contributed by atoms with E-state index in [2.05, 4.69) is 0 Å². The van der Waals surface area contributed by atoms with Crippen molar-refractivity contribution in [3.05, 3.63) is 62.7 Å². The molecule has 1 aliphatic rings. The van der Waals surface area contributed by atoms with E-state index in [1.54, 1.807) is 7.05 Å². The molecule has 7 heteroatoms. The van der Waals surface area contributed by atoms with Crippen molar-refractivity contribution >= 4 is 11.6 Å². The van der Waals surface area contributed by atoms with Crippen LogP contribution in [0.25, 0.3) is 0 Å². The maximum absolute atomic E-state index is 12.9. The molecule has 3 rings (SSSR count). The number of aryl methyl sites for hydroxylation is 2. The number of hydrogen-bond acceptors (Lipinski definition) is 5. The Bertz CT molecular complexity index is 878. The first-order valence-electron chi connectivity index (χ1n) is 8.26. The number of benzene rings is 2. The molecule has 0 spiro atoms. The quantitative estimate of drug-likeness (QED) is 0.620. The van der Waals surface area contributed by atoms with Crippen LogP contribution in [0, 0.1) is 24.0 Å². The molecule has 0 unspecified atom stereocenters. The third-order valence-electron chi connectivity index (χ3n) is 4.34. The van der Waals surface area contributed by atoms with Crippen molar-refractivity contribution in [3.8, 4) is 11.5 Å². The van der Waals surface area contributed by atoms with E-state index in [4.69, 9.17) is 9.47 Å². The van der Waals surface area contributed by atoms with Crippen LogP contribution in [0.2, 0.25) is 0 Å². The van der Waals surface area contributed by atoms with Crippen molar-refractivity contribution < 1.29 is 19.2 Å². The van der Waals surface area contributed by atoms with E-state index in [-0.39, 0.29) is 17.0 Å². The number of ether oxygens (including phenoxy) is 2. The van der Waals surface area contributed by atoms with Gasteiger partial charge in [0.2, 0.25) is 0 Å². The Morgan fingerprint density at radius 2 is 1.81 bits per heavy atom. The van der Waals surface area contributed by atoms with Crippen LogP contribution in [0.15, 0.2) is 30.3 Å². The van der Waals surface area contributed by atoms with E-state index in [0.29, 0.717) is 25.5 Å². The molecule has 0 saturated carbocycles. The Kier molecular flexibility index (Phi) is 4.79. The first-order chi connectivity index (χ1) is 12.4. The molecule has 1 heterocycles. The molecule has 0 radical (unpaired) electrons. The summed E-state index contributed by atoms with van der Waals surface area (Å²) < 4.78 is 10.8. The van der Waals surface area contributed by atoms with E-state index in [1.807, 2.05) is 32.0 Å². The molecule has 0 bridgehead atoms. The van der Waals surface area contributed by atoms with Crippen LogP contribution in [0.1, 0.15) is 27.0 Å². The Hall–Kier alpha value is -3.09. The van der Waals surface area contributed by atoms with E-state index in [0.717, 1.165) is 16.7 Å². The zero-order valence-electron chi connectivity index (χ0n) is 14.9. The largest absolute Gasteiger partial charge is 0.486 e. The normalized spacial score (nSPS) is 12.6. The lowest BCUT2D eigenvalue weighted by atomic mass is 10.0. The first kappa shape index (κ1) is 17.7. The van der Waals surface area contributed by atoms with Crippen LogP contribution in [0.5, 0.6) is 11.5 Å². The molecule has 26 heavy (non-hydrogen) atoms.